The molecule has 0 aromatic heterocycles. The Bertz CT molecular complexity index is 527. The molecule has 1 aliphatic carbocycles. The smallest absolute Gasteiger partial charge is 0.313 e. The van der Waals surface area contributed by atoms with Crippen molar-refractivity contribution in [3.63, 3.8) is 0 Å². The van der Waals surface area contributed by atoms with Gasteiger partial charge in [-0.3, -0.25) is 19.2 Å². The Morgan fingerprint density at radius 3 is 2.22 bits per heavy atom. The molecule has 0 spiro atoms. The van der Waals surface area contributed by atoms with Crippen LogP contribution in [0.4, 0.5) is 0 Å². The van der Waals surface area contributed by atoms with E-state index in [1.807, 2.05) is 0 Å². The Hall–Kier alpha value is -2.30. The van der Waals surface area contributed by atoms with Crippen molar-refractivity contribution in [3.8, 4) is 0 Å². The highest BCUT2D eigenvalue weighted by atomic mass is 16.5. The zero-order chi connectivity index (χ0) is 13.3. The highest BCUT2D eigenvalue weighted by molar-refractivity contribution is 6.31. The summed E-state index contributed by atoms with van der Waals surface area (Å²) in [7, 11) is 1.14. The molecule has 0 fully saturated rings. The first-order valence-electron chi connectivity index (χ1n) is 5.32. The fraction of sp³-hybridized carbons (Fsp3) is 0.231. The molecule has 0 saturated carbocycles. The molecule has 0 saturated heterocycles. The average molecular weight is 246 g/mol. The van der Waals surface area contributed by atoms with Gasteiger partial charge in [0.15, 0.2) is 17.3 Å². The molecule has 0 N–H and O–H groups in total. The predicted octanol–water partition coefficient (Wildman–Crippen LogP) is 0.814. The zero-order valence-corrected chi connectivity index (χ0v) is 9.64. The van der Waals surface area contributed by atoms with Gasteiger partial charge in [0, 0.05) is 11.1 Å². The first kappa shape index (κ1) is 12.2. The molecule has 5 heteroatoms. The summed E-state index contributed by atoms with van der Waals surface area (Å²) in [5.41, 5.74) is 0.630. The van der Waals surface area contributed by atoms with Crippen molar-refractivity contribution in [1.82, 2.24) is 0 Å². The number of hydrogen-bond donors (Lipinski definition) is 0. The van der Waals surface area contributed by atoms with Crippen LogP contribution < -0.4 is 0 Å². The lowest BCUT2D eigenvalue weighted by Crippen LogP contribution is -2.36. The molecule has 0 radical (unpaired) electrons. The SMILES string of the molecule is COC(=O)CC(=O)C1C(=O)c2cccc(c2)C1=O. The number of esters is 1. The molecule has 2 rings (SSSR count). The fourth-order valence-electron chi connectivity index (χ4n) is 1.89. The lowest BCUT2D eigenvalue weighted by Gasteiger charge is -2.18. The first-order chi connectivity index (χ1) is 8.54. The number of carbonyl (C=O) groups is 4. The van der Waals surface area contributed by atoms with Crippen LogP contribution in [-0.4, -0.2) is 30.4 Å². The summed E-state index contributed by atoms with van der Waals surface area (Å²) in [6.07, 6.45) is -0.567. The van der Waals surface area contributed by atoms with Crippen LogP contribution in [0.15, 0.2) is 24.3 Å². The van der Waals surface area contributed by atoms with Crippen LogP contribution >= 0.6 is 0 Å². The van der Waals surface area contributed by atoms with Gasteiger partial charge in [-0.25, -0.2) is 0 Å². The number of benzene rings is 1. The number of ether oxygens (including phenoxy) is 1. The molecular formula is C13H10O5. The molecule has 0 amide bonds. The van der Waals surface area contributed by atoms with E-state index in [4.69, 9.17) is 0 Å². The first-order valence-corrected chi connectivity index (χ1v) is 5.32. The van der Waals surface area contributed by atoms with Crippen LogP contribution in [-0.2, 0) is 14.3 Å². The normalized spacial score (nSPS) is 14.5. The van der Waals surface area contributed by atoms with Crippen LogP contribution in [0.25, 0.3) is 0 Å². The average Bonchev–Trinajstić information content (AvgIpc) is 2.37. The number of Topliss-reactive ketones (excluding diaryl/α,β-unsaturated/α-hetero) is 3. The molecule has 1 aliphatic rings. The quantitative estimate of drug-likeness (QED) is 0.582. The number of carbonyl (C=O) groups excluding carboxylic acids is 4. The second-order valence-electron chi connectivity index (χ2n) is 3.96. The van der Waals surface area contributed by atoms with E-state index in [1.54, 1.807) is 6.07 Å². The molecular weight excluding hydrogens is 236 g/mol. The van der Waals surface area contributed by atoms with Gasteiger partial charge in [-0.05, 0) is 6.07 Å². The molecule has 1 aromatic carbocycles. The lowest BCUT2D eigenvalue weighted by atomic mass is 9.80. The summed E-state index contributed by atoms with van der Waals surface area (Å²) in [5.74, 6) is -3.98. The van der Waals surface area contributed by atoms with E-state index in [9.17, 15) is 19.2 Å². The van der Waals surface area contributed by atoms with Crippen LogP contribution in [0.5, 0.6) is 0 Å². The van der Waals surface area contributed by atoms with Crippen molar-refractivity contribution in [2.75, 3.05) is 7.11 Å². The summed E-state index contributed by atoms with van der Waals surface area (Å²) < 4.78 is 4.35. The molecule has 0 atom stereocenters. The largest absolute Gasteiger partial charge is 0.469 e. The summed E-state index contributed by atoms with van der Waals surface area (Å²) in [6.45, 7) is 0. The van der Waals surface area contributed by atoms with Gasteiger partial charge in [-0.2, -0.15) is 0 Å². The van der Waals surface area contributed by atoms with Gasteiger partial charge in [0.05, 0.1) is 7.11 Å². The van der Waals surface area contributed by atoms with Gasteiger partial charge in [0.2, 0.25) is 0 Å². The van der Waals surface area contributed by atoms with Gasteiger partial charge >= 0.3 is 5.97 Å². The Balaban J connectivity index is 2.30. The molecule has 0 aliphatic heterocycles. The number of ketones is 3. The molecule has 1 aromatic rings. The summed E-state index contributed by atoms with van der Waals surface area (Å²) in [6, 6.07) is 6.11. The number of fused-ring (bicyclic) bond motifs is 2. The molecule has 2 bridgehead atoms. The van der Waals surface area contributed by atoms with Crippen LogP contribution in [0, 0.1) is 5.92 Å². The van der Waals surface area contributed by atoms with E-state index in [0.29, 0.717) is 11.1 Å². The van der Waals surface area contributed by atoms with Crippen molar-refractivity contribution in [2.45, 2.75) is 6.42 Å². The minimum atomic E-state index is -1.40. The third-order valence-corrected chi connectivity index (χ3v) is 2.82. The molecule has 0 unspecified atom stereocenters. The van der Waals surface area contributed by atoms with Crippen LogP contribution in [0.3, 0.4) is 0 Å². The van der Waals surface area contributed by atoms with Gasteiger partial charge in [0.25, 0.3) is 0 Å². The number of hydrogen-bond acceptors (Lipinski definition) is 5. The molecule has 5 nitrogen and oxygen atoms in total. The van der Waals surface area contributed by atoms with Crippen molar-refractivity contribution < 1.29 is 23.9 Å². The maximum Gasteiger partial charge on any atom is 0.313 e. The van der Waals surface area contributed by atoms with Gasteiger partial charge in [0.1, 0.15) is 12.3 Å². The molecule has 18 heavy (non-hydrogen) atoms. The van der Waals surface area contributed by atoms with Crippen molar-refractivity contribution >= 4 is 23.3 Å². The second kappa shape index (κ2) is 4.52. The van der Waals surface area contributed by atoms with E-state index in [-0.39, 0.29) is 0 Å². The number of rotatable bonds is 3. The van der Waals surface area contributed by atoms with Gasteiger partial charge in [-0.15, -0.1) is 0 Å². The van der Waals surface area contributed by atoms with Crippen LogP contribution in [0.1, 0.15) is 27.1 Å². The van der Waals surface area contributed by atoms with E-state index in [1.165, 1.54) is 18.2 Å². The lowest BCUT2D eigenvalue weighted by molar-refractivity contribution is -0.143. The maximum atomic E-state index is 11.9. The Morgan fingerprint density at radius 2 is 1.72 bits per heavy atom. The molecule has 0 heterocycles. The minimum absolute atomic E-state index is 0.315. The highest BCUT2D eigenvalue weighted by Gasteiger charge is 2.39. The Labute approximate surface area is 103 Å². The number of methoxy groups -OCH3 is 1. The second-order valence-corrected chi connectivity index (χ2v) is 3.96. The molecule has 92 valence electrons. The minimum Gasteiger partial charge on any atom is -0.469 e. The summed E-state index contributed by atoms with van der Waals surface area (Å²) >= 11 is 0. The standard InChI is InChI=1S/C13H10O5/c1-18-10(15)6-9(14)11-12(16)7-3-2-4-8(5-7)13(11)17/h2-5,11H,6H2,1H3. The Kier molecular flexibility index (Phi) is 3.06. The van der Waals surface area contributed by atoms with Gasteiger partial charge in [-0.1, -0.05) is 18.2 Å². The highest BCUT2D eigenvalue weighted by Crippen LogP contribution is 2.23. The van der Waals surface area contributed by atoms with Crippen molar-refractivity contribution in [1.29, 1.82) is 0 Å². The van der Waals surface area contributed by atoms with Crippen molar-refractivity contribution in [3.05, 3.63) is 35.4 Å². The topological polar surface area (TPSA) is 77.5 Å². The van der Waals surface area contributed by atoms with Crippen LogP contribution in [0.2, 0.25) is 0 Å². The van der Waals surface area contributed by atoms with Crippen molar-refractivity contribution in [2.24, 2.45) is 5.92 Å². The van der Waals surface area contributed by atoms with E-state index in [2.05, 4.69) is 4.74 Å². The Morgan fingerprint density at radius 1 is 1.17 bits per heavy atom. The van der Waals surface area contributed by atoms with E-state index in [0.717, 1.165) is 7.11 Å². The van der Waals surface area contributed by atoms with Gasteiger partial charge < -0.3 is 4.74 Å². The maximum absolute atomic E-state index is 11.9. The summed E-state index contributed by atoms with van der Waals surface area (Å²) in [5, 5.41) is 0. The third-order valence-electron chi connectivity index (χ3n) is 2.82. The monoisotopic (exact) mass is 246 g/mol. The predicted molar refractivity (Wildman–Crippen MR) is 60.2 cm³/mol. The fourth-order valence-corrected chi connectivity index (χ4v) is 1.89. The summed E-state index contributed by atoms with van der Waals surface area (Å²) in [4.78, 5) is 46.6. The third kappa shape index (κ3) is 1.95. The van der Waals surface area contributed by atoms with E-state index >= 15 is 0 Å². The van der Waals surface area contributed by atoms with E-state index < -0.39 is 35.7 Å². The zero-order valence-electron chi connectivity index (χ0n) is 9.64.